The minimum atomic E-state index is -1.06. The van der Waals surface area contributed by atoms with E-state index in [0.29, 0.717) is 11.1 Å². The lowest BCUT2D eigenvalue weighted by atomic mass is 10.1. The van der Waals surface area contributed by atoms with Gasteiger partial charge < -0.3 is 14.9 Å². The standard InChI is InChI=1S/C13H19N3O4/c1-13(2,3)20-12(19)14-15-16-10(17)8-6-4-5-7-9(8)11(16)18/h4-7,10-11,15,17-18H,1-3H3,(H,14,19). The molecule has 2 unspecified atom stereocenters. The fraction of sp³-hybridized carbons (Fsp3) is 0.462. The minimum Gasteiger partial charge on any atom is -0.443 e. The second-order valence-corrected chi connectivity index (χ2v) is 5.52. The van der Waals surface area contributed by atoms with Gasteiger partial charge in [-0.05, 0) is 20.8 Å². The average Bonchev–Trinajstić information content (AvgIpc) is 2.59. The van der Waals surface area contributed by atoms with Gasteiger partial charge in [-0.3, -0.25) is 0 Å². The van der Waals surface area contributed by atoms with Crippen LogP contribution < -0.4 is 11.0 Å². The predicted octanol–water partition coefficient (Wildman–Crippen LogP) is 0.928. The number of benzene rings is 1. The molecule has 0 saturated carbocycles. The molecule has 7 nitrogen and oxygen atoms in total. The molecule has 0 aliphatic carbocycles. The van der Waals surface area contributed by atoms with Crippen molar-refractivity contribution in [3.05, 3.63) is 35.4 Å². The summed E-state index contributed by atoms with van der Waals surface area (Å²) in [5.41, 5.74) is 5.27. The van der Waals surface area contributed by atoms with E-state index in [9.17, 15) is 15.0 Å². The van der Waals surface area contributed by atoms with Gasteiger partial charge in [0.1, 0.15) is 5.60 Å². The highest BCUT2D eigenvalue weighted by Gasteiger charge is 2.36. The molecule has 20 heavy (non-hydrogen) atoms. The Morgan fingerprint density at radius 2 is 1.70 bits per heavy atom. The Hall–Kier alpha value is -1.67. The Bertz CT molecular complexity index is 472. The van der Waals surface area contributed by atoms with E-state index in [1.54, 1.807) is 45.0 Å². The van der Waals surface area contributed by atoms with Crippen LogP contribution in [0.1, 0.15) is 44.4 Å². The molecule has 110 valence electrons. The van der Waals surface area contributed by atoms with Crippen LogP contribution in [0.25, 0.3) is 0 Å². The number of carbonyl (C=O) groups is 1. The number of fused-ring (bicyclic) bond motifs is 1. The van der Waals surface area contributed by atoms with Crippen molar-refractivity contribution in [2.75, 3.05) is 0 Å². The largest absolute Gasteiger partial charge is 0.443 e. The summed E-state index contributed by atoms with van der Waals surface area (Å²) in [6, 6.07) is 6.94. The smallest absolute Gasteiger partial charge is 0.423 e. The normalized spacial score (nSPS) is 22.4. The summed E-state index contributed by atoms with van der Waals surface area (Å²) in [7, 11) is 0. The third-order valence-electron chi connectivity index (χ3n) is 2.77. The van der Waals surface area contributed by atoms with Crippen molar-refractivity contribution in [2.45, 2.75) is 38.8 Å². The van der Waals surface area contributed by atoms with Crippen LogP contribution in [0.15, 0.2) is 24.3 Å². The van der Waals surface area contributed by atoms with Gasteiger partial charge in [-0.25, -0.2) is 10.2 Å². The molecule has 2 atom stereocenters. The van der Waals surface area contributed by atoms with E-state index in [-0.39, 0.29) is 0 Å². The van der Waals surface area contributed by atoms with Crippen molar-refractivity contribution in [3.63, 3.8) is 0 Å². The maximum atomic E-state index is 11.5. The summed E-state index contributed by atoms with van der Waals surface area (Å²) in [6.45, 7) is 5.21. The zero-order valence-corrected chi connectivity index (χ0v) is 11.6. The van der Waals surface area contributed by atoms with E-state index in [2.05, 4.69) is 11.0 Å². The SMILES string of the molecule is CC(C)(C)OC(=O)NNN1C(O)c2ccccc2C1O. The van der Waals surface area contributed by atoms with Crippen LogP contribution in [-0.2, 0) is 4.74 Å². The number of ether oxygens (including phenoxy) is 1. The number of nitrogens with zero attached hydrogens (tertiary/aromatic N) is 1. The molecule has 1 aliphatic heterocycles. The number of nitrogens with one attached hydrogen (secondary N) is 2. The number of carbonyl (C=O) groups excluding carboxylic acids is 1. The summed E-state index contributed by atoms with van der Waals surface area (Å²) < 4.78 is 5.04. The number of hydrogen-bond acceptors (Lipinski definition) is 6. The zero-order valence-electron chi connectivity index (χ0n) is 11.6. The Balaban J connectivity index is 1.97. The van der Waals surface area contributed by atoms with Gasteiger partial charge in [0.2, 0.25) is 0 Å². The number of amides is 1. The Kier molecular flexibility index (Phi) is 3.96. The average molecular weight is 281 g/mol. The highest BCUT2D eigenvalue weighted by molar-refractivity contribution is 5.66. The first-order valence-corrected chi connectivity index (χ1v) is 6.27. The summed E-state index contributed by atoms with van der Waals surface area (Å²) in [5, 5.41) is 21.3. The summed E-state index contributed by atoms with van der Waals surface area (Å²) in [6.07, 6.45) is -2.82. The number of hydrogen-bond donors (Lipinski definition) is 4. The van der Waals surface area contributed by atoms with E-state index in [1.165, 1.54) is 0 Å². The molecule has 2 rings (SSSR count). The summed E-state index contributed by atoms with van der Waals surface area (Å²) >= 11 is 0. The number of hydrazine groups is 2. The van der Waals surface area contributed by atoms with Crippen LogP contribution in [0.2, 0.25) is 0 Å². The molecule has 0 radical (unpaired) electrons. The first-order chi connectivity index (χ1) is 9.29. The number of aliphatic hydroxyl groups excluding tert-OH is 2. The molecular formula is C13H19N3O4. The third-order valence-corrected chi connectivity index (χ3v) is 2.77. The van der Waals surface area contributed by atoms with Gasteiger partial charge in [0.15, 0.2) is 12.5 Å². The molecule has 0 saturated heterocycles. The van der Waals surface area contributed by atoms with Crippen molar-refractivity contribution in [2.24, 2.45) is 0 Å². The van der Waals surface area contributed by atoms with Gasteiger partial charge in [-0.1, -0.05) is 24.3 Å². The fourth-order valence-corrected chi connectivity index (χ4v) is 1.95. The second kappa shape index (κ2) is 5.37. The molecule has 0 spiro atoms. The van der Waals surface area contributed by atoms with E-state index in [1.807, 2.05) is 0 Å². The Morgan fingerprint density at radius 3 is 2.15 bits per heavy atom. The lowest BCUT2D eigenvalue weighted by Crippen LogP contribution is -2.51. The molecule has 4 N–H and O–H groups in total. The van der Waals surface area contributed by atoms with Crippen molar-refractivity contribution in [1.82, 2.24) is 16.0 Å². The first kappa shape index (κ1) is 14.7. The molecule has 1 amide bonds. The molecule has 0 bridgehead atoms. The molecule has 0 fully saturated rings. The fourth-order valence-electron chi connectivity index (χ4n) is 1.95. The van der Waals surface area contributed by atoms with Gasteiger partial charge in [0.25, 0.3) is 0 Å². The zero-order chi connectivity index (χ0) is 14.9. The molecule has 1 aromatic carbocycles. The van der Waals surface area contributed by atoms with Gasteiger partial charge in [-0.15, -0.1) is 0 Å². The molecule has 0 aromatic heterocycles. The number of aliphatic hydroxyl groups is 2. The molecule has 1 aromatic rings. The van der Waals surface area contributed by atoms with E-state index >= 15 is 0 Å². The maximum Gasteiger partial charge on any atom is 0.423 e. The van der Waals surface area contributed by atoms with E-state index in [4.69, 9.17) is 4.74 Å². The Labute approximate surface area is 117 Å². The molecule has 1 heterocycles. The molecule has 7 heteroatoms. The van der Waals surface area contributed by atoms with Crippen LogP contribution in [-0.4, -0.2) is 26.9 Å². The molecule has 1 aliphatic rings. The van der Waals surface area contributed by atoms with Crippen molar-refractivity contribution >= 4 is 6.09 Å². The third kappa shape index (κ3) is 3.07. The van der Waals surface area contributed by atoms with Gasteiger partial charge in [0.05, 0.1) is 0 Å². The lowest BCUT2D eigenvalue weighted by Gasteiger charge is -2.26. The van der Waals surface area contributed by atoms with Crippen molar-refractivity contribution in [3.8, 4) is 0 Å². The summed E-state index contributed by atoms with van der Waals surface area (Å²) in [4.78, 5) is 11.5. The van der Waals surface area contributed by atoms with Crippen LogP contribution in [0.3, 0.4) is 0 Å². The van der Waals surface area contributed by atoms with Crippen LogP contribution in [0.4, 0.5) is 4.79 Å². The lowest BCUT2D eigenvalue weighted by molar-refractivity contribution is -0.126. The summed E-state index contributed by atoms with van der Waals surface area (Å²) in [5.74, 6) is 0. The number of rotatable bonds is 2. The van der Waals surface area contributed by atoms with Crippen LogP contribution in [0.5, 0.6) is 0 Å². The Morgan fingerprint density at radius 1 is 1.20 bits per heavy atom. The van der Waals surface area contributed by atoms with Gasteiger partial charge >= 0.3 is 6.09 Å². The predicted molar refractivity (Wildman–Crippen MR) is 70.7 cm³/mol. The topological polar surface area (TPSA) is 94.1 Å². The highest BCUT2D eigenvalue weighted by Crippen LogP contribution is 2.36. The van der Waals surface area contributed by atoms with Crippen LogP contribution >= 0.6 is 0 Å². The molecular weight excluding hydrogens is 262 g/mol. The second-order valence-electron chi connectivity index (χ2n) is 5.52. The van der Waals surface area contributed by atoms with Gasteiger partial charge in [0, 0.05) is 11.1 Å². The minimum absolute atomic E-state index is 0.582. The highest BCUT2D eigenvalue weighted by atomic mass is 16.6. The van der Waals surface area contributed by atoms with E-state index < -0.39 is 24.2 Å². The van der Waals surface area contributed by atoms with Gasteiger partial charge in [-0.2, -0.15) is 10.5 Å². The van der Waals surface area contributed by atoms with Crippen molar-refractivity contribution < 1.29 is 19.7 Å². The van der Waals surface area contributed by atoms with Crippen LogP contribution in [0, 0.1) is 0 Å². The quantitative estimate of drug-likeness (QED) is 0.603. The monoisotopic (exact) mass is 281 g/mol. The first-order valence-electron chi connectivity index (χ1n) is 6.27. The maximum absolute atomic E-state index is 11.5. The van der Waals surface area contributed by atoms with E-state index in [0.717, 1.165) is 5.01 Å². The van der Waals surface area contributed by atoms with Crippen molar-refractivity contribution in [1.29, 1.82) is 0 Å².